The minimum Gasteiger partial charge on any atom is -0.376 e. The van der Waals surface area contributed by atoms with E-state index in [4.69, 9.17) is 9.84 Å². The maximum Gasteiger partial charge on any atom is 0.220 e. The van der Waals surface area contributed by atoms with E-state index in [0.29, 0.717) is 26.0 Å². The monoisotopic (exact) mass is 327 g/mol. The molecule has 0 atom stereocenters. The van der Waals surface area contributed by atoms with Crippen LogP contribution in [0.2, 0.25) is 0 Å². The number of aromatic nitrogens is 2. The number of aryl methyl sites for hydroxylation is 2. The molecule has 0 bridgehead atoms. The van der Waals surface area contributed by atoms with Crippen LogP contribution in [0.4, 0.5) is 0 Å². The summed E-state index contributed by atoms with van der Waals surface area (Å²) < 4.78 is 7.69. The Morgan fingerprint density at radius 1 is 1.33 bits per heavy atom. The number of nitrogens with zero attached hydrogens (tertiary/aromatic N) is 2. The van der Waals surface area contributed by atoms with Gasteiger partial charge in [0.05, 0.1) is 18.9 Å². The van der Waals surface area contributed by atoms with E-state index in [1.807, 2.05) is 30.3 Å². The zero-order chi connectivity index (χ0) is 16.8. The lowest BCUT2D eigenvalue weighted by atomic mass is 10.1. The van der Waals surface area contributed by atoms with E-state index in [1.165, 1.54) is 11.3 Å². The molecule has 1 N–H and O–H groups in total. The van der Waals surface area contributed by atoms with Crippen molar-refractivity contribution in [3.8, 4) is 0 Å². The maximum atomic E-state index is 12.1. The van der Waals surface area contributed by atoms with E-state index in [1.54, 1.807) is 0 Å². The van der Waals surface area contributed by atoms with Crippen LogP contribution in [0.3, 0.4) is 0 Å². The number of benzene rings is 1. The molecule has 1 amide bonds. The first-order valence-electron chi connectivity index (χ1n) is 8.73. The summed E-state index contributed by atoms with van der Waals surface area (Å²) in [5.41, 5.74) is 4.63. The smallest absolute Gasteiger partial charge is 0.220 e. The minimum atomic E-state index is 0.0642. The molecule has 2 aromatic rings. The second-order valence-electron chi connectivity index (χ2n) is 6.16. The fourth-order valence-electron chi connectivity index (χ4n) is 3.09. The van der Waals surface area contributed by atoms with Crippen molar-refractivity contribution in [2.24, 2.45) is 0 Å². The second kappa shape index (κ2) is 8.11. The summed E-state index contributed by atoms with van der Waals surface area (Å²) >= 11 is 0. The number of amides is 1. The van der Waals surface area contributed by atoms with Crippen LogP contribution in [-0.4, -0.2) is 22.3 Å². The molecule has 1 aromatic heterocycles. The summed E-state index contributed by atoms with van der Waals surface area (Å²) in [5.74, 6) is 0.0642. The van der Waals surface area contributed by atoms with Crippen LogP contribution >= 0.6 is 0 Å². The molecule has 5 nitrogen and oxygen atoms in total. The number of hydrogen-bond acceptors (Lipinski definition) is 3. The van der Waals surface area contributed by atoms with Crippen molar-refractivity contribution in [3.05, 3.63) is 52.8 Å². The summed E-state index contributed by atoms with van der Waals surface area (Å²) in [4.78, 5) is 12.1. The number of hydrogen-bond donors (Lipinski definition) is 1. The van der Waals surface area contributed by atoms with Gasteiger partial charge in [-0.05, 0) is 12.0 Å². The number of ether oxygens (including phenoxy) is 1. The predicted molar refractivity (Wildman–Crippen MR) is 92.5 cm³/mol. The van der Waals surface area contributed by atoms with Crippen molar-refractivity contribution in [2.75, 3.05) is 6.61 Å². The summed E-state index contributed by atoms with van der Waals surface area (Å²) in [6.07, 6.45) is 3.11. The van der Waals surface area contributed by atoms with E-state index in [0.717, 1.165) is 37.3 Å². The third-order valence-electron chi connectivity index (χ3n) is 4.34. The van der Waals surface area contributed by atoms with Gasteiger partial charge in [0.15, 0.2) is 0 Å². The van der Waals surface area contributed by atoms with Crippen molar-refractivity contribution in [3.63, 3.8) is 0 Å². The number of fused-ring (bicyclic) bond motifs is 1. The van der Waals surface area contributed by atoms with Crippen LogP contribution in [0.15, 0.2) is 30.3 Å². The van der Waals surface area contributed by atoms with Crippen LogP contribution < -0.4 is 5.32 Å². The summed E-state index contributed by atoms with van der Waals surface area (Å²) in [6, 6.07) is 9.96. The molecule has 1 aliphatic heterocycles. The number of carbonyl (C=O) groups excluding carboxylic acids is 1. The third-order valence-corrected chi connectivity index (χ3v) is 4.34. The third kappa shape index (κ3) is 4.03. The lowest BCUT2D eigenvalue weighted by Crippen LogP contribution is -2.23. The molecule has 0 saturated carbocycles. The van der Waals surface area contributed by atoms with Gasteiger partial charge in [-0.15, -0.1) is 0 Å². The highest BCUT2D eigenvalue weighted by Gasteiger charge is 2.21. The molecule has 0 fully saturated rings. The van der Waals surface area contributed by atoms with Crippen molar-refractivity contribution in [1.82, 2.24) is 15.1 Å². The van der Waals surface area contributed by atoms with Gasteiger partial charge in [0.25, 0.3) is 0 Å². The fourth-order valence-corrected chi connectivity index (χ4v) is 3.09. The molecule has 0 saturated heterocycles. The molecular formula is C19H25N3O2. The van der Waals surface area contributed by atoms with Gasteiger partial charge in [-0.1, -0.05) is 37.3 Å². The topological polar surface area (TPSA) is 56.2 Å². The Balaban J connectivity index is 1.57. The van der Waals surface area contributed by atoms with E-state index in [2.05, 4.69) is 16.9 Å². The van der Waals surface area contributed by atoms with Crippen molar-refractivity contribution < 1.29 is 9.53 Å². The molecular weight excluding hydrogens is 302 g/mol. The predicted octanol–water partition coefficient (Wildman–Crippen LogP) is 2.61. The van der Waals surface area contributed by atoms with E-state index in [-0.39, 0.29) is 5.91 Å². The van der Waals surface area contributed by atoms with Gasteiger partial charge in [-0.3, -0.25) is 9.48 Å². The largest absolute Gasteiger partial charge is 0.376 e. The van der Waals surface area contributed by atoms with Crippen LogP contribution in [-0.2, 0) is 42.1 Å². The number of nitrogens with one attached hydrogen (secondary N) is 1. The Labute approximate surface area is 143 Å². The highest BCUT2D eigenvalue weighted by atomic mass is 16.5. The second-order valence-corrected chi connectivity index (χ2v) is 6.16. The normalized spacial score (nSPS) is 13.5. The van der Waals surface area contributed by atoms with Gasteiger partial charge < -0.3 is 10.1 Å². The summed E-state index contributed by atoms with van der Waals surface area (Å²) in [5, 5.41) is 7.70. The van der Waals surface area contributed by atoms with Gasteiger partial charge in [0, 0.05) is 43.6 Å². The molecule has 3 rings (SSSR count). The first kappa shape index (κ1) is 16.7. The molecule has 24 heavy (non-hydrogen) atoms. The van der Waals surface area contributed by atoms with Crippen LogP contribution in [0, 0.1) is 0 Å². The Bertz CT molecular complexity index is 679. The van der Waals surface area contributed by atoms with Gasteiger partial charge in [0.2, 0.25) is 5.91 Å². The van der Waals surface area contributed by atoms with Crippen LogP contribution in [0.25, 0.3) is 0 Å². The van der Waals surface area contributed by atoms with Crippen molar-refractivity contribution in [2.45, 2.75) is 52.3 Å². The highest BCUT2D eigenvalue weighted by Crippen LogP contribution is 2.22. The first-order valence-corrected chi connectivity index (χ1v) is 8.73. The first-order chi connectivity index (χ1) is 11.8. The lowest BCUT2D eigenvalue weighted by molar-refractivity contribution is -0.121. The molecule has 0 unspecified atom stereocenters. The minimum absolute atomic E-state index is 0.0642. The van der Waals surface area contributed by atoms with Gasteiger partial charge in [-0.25, -0.2) is 0 Å². The fraction of sp³-hybridized carbons (Fsp3) is 0.474. The lowest BCUT2D eigenvalue weighted by Gasteiger charge is -2.14. The van der Waals surface area contributed by atoms with E-state index in [9.17, 15) is 4.79 Å². The molecule has 0 spiro atoms. The van der Waals surface area contributed by atoms with Crippen LogP contribution in [0.1, 0.15) is 42.3 Å². The molecule has 0 aliphatic carbocycles. The maximum absolute atomic E-state index is 12.1. The standard InChI is InChI=1S/C19H25N3O2/c1-2-11-22-18-10-12-24-14-16(18)17(21-22)8-9-19(23)20-13-15-6-4-3-5-7-15/h3-7H,2,8-14H2,1H3,(H,20,23). The molecule has 0 radical (unpaired) electrons. The Morgan fingerprint density at radius 2 is 2.17 bits per heavy atom. The summed E-state index contributed by atoms with van der Waals surface area (Å²) in [6.45, 7) is 5.05. The van der Waals surface area contributed by atoms with Gasteiger partial charge in [0.1, 0.15) is 0 Å². The van der Waals surface area contributed by atoms with Crippen molar-refractivity contribution in [1.29, 1.82) is 0 Å². The van der Waals surface area contributed by atoms with Gasteiger partial charge >= 0.3 is 0 Å². The van der Waals surface area contributed by atoms with Gasteiger partial charge in [-0.2, -0.15) is 5.10 Å². The quantitative estimate of drug-likeness (QED) is 0.850. The molecule has 1 aliphatic rings. The Morgan fingerprint density at radius 3 is 2.96 bits per heavy atom. The Hall–Kier alpha value is -2.14. The zero-order valence-electron chi connectivity index (χ0n) is 14.3. The van der Waals surface area contributed by atoms with E-state index >= 15 is 0 Å². The SMILES string of the molecule is CCCn1nc(CCC(=O)NCc2ccccc2)c2c1CCOC2. The zero-order valence-corrected chi connectivity index (χ0v) is 14.3. The molecule has 2 heterocycles. The van der Waals surface area contributed by atoms with Crippen molar-refractivity contribution >= 4 is 5.91 Å². The Kier molecular flexibility index (Phi) is 5.64. The molecule has 128 valence electrons. The van der Waals surface area contributed by atoms with E-state index < -0.39 is 0 Å². The van der Waals surface area contributed by atoms with Crippen LogP contribution in [0.5, 0.6) is 0 Å². The number of rotatable bonds is 7. The average molecular weight is 327 g/mol. The summed E-state index contributed by atoms with van der Waals surface area (Å²) in [7, 11) is 0. The highest BCUT2D eigenvalue weighted by molar-refractivity contribution is 5.76. The molecule has 1 aromatic carbocycles. The molecule has 5 heteroatoms. The average Bonchev–Trinajstić information content (AvgIpc) is 2.97. The number of carbonyl (C=O) groups is 1.